The summed E-state index contributed by atoms with van der Waals surface area (Å²) in [7, 11) is 0. The summed E-state index contributed by atoms with van der Waals surface area (Å²) in [5, 5.41) is 3.40. The first-order chi connectivity index (χ1) is 8.61. The molecule has 1 saturated heterocycles. The van der Waals surface area contributed by atoms with Crippen molar-refractivity contribution < 1.29 is 4.74 Å². The number of hydrogen-bond acceptors (Lipinski definition) is 2. The van der Waals surface area contributed by atoms with Gasteiger partial charge in [0.05, 0.1) is 11.7 Å². The van der Waals surface area contributed by atoms with Crippen LogP contribution in [0.15, 0.2) is 30.3 Å². The number of hydrogen-bond donors (Lipinski definition) is 1. The maximum absolute atomic E-state index is 6.49. The van der Waals surface area contributed by atoms with Crippen molar-refractivity contribution in [2.75, 3.05) is 13.1 Å². The average molecular weight is 247 g/mol. The molecule has 2 heteroatoms. The van der Waals surface area contributed by atoms with Crippen LogP contribution in [0.3, 0.4) is 0 Å². The summed E-state index contributed by atoms with van der Waals surface area (Å²) in [5.41, 5.74) is 1.32. The molecule has 0 saturated carbocycles. The molecule has 1 heterocycles. The average Bonchev–Trinajstić information content (AvgIpc) is 2.38. The predicted molar refractivity (Wildman–Crippen MR) is 75.6 cm³/mol. The molecular weight excluding hydrogens is 222 g/mol. The minimum absolute atomic E-state index is 0.0238. The van der Waals surface area contributed by atoms with Crippen LogP contribution in [-0.4, -0.2) is 18.7 Å². The Kier molecular flexibility index (Phi) is 4.41. The fourth-order valence-electron chi connectivity index (χ4n) is 2.61. The molecule has 0 aromatic heterocycles. The van der Waals surface area contributed by atoms with Crippen LogP contribution in [0.5, 0.6) is 0 Å². The van der Waals surface area contributed by atoms with E-state index in [2.05, 4.69) is 56.4 Å². The van der Waals surface area contributed by atoms with E-state index in [9.17, 15) is 0 Å². The zero-order chi connectivity index (χ0) is 13.0. The molecule has 2 nitrogen and oxygen atoms in total. The lowest BCUT2D eigenvalue weighted by Gasteiger charge is -2.39. The van der Waals surface area contributed by atoms with Crippen molar-refractivity contribution in [3.05, 3.63) is 35.9 Å². The van der Waals surface area contributed by atoms with Crippen molar-refractivity contribution in [2.24, 2.45) is 5.92 Å². The summed E-state index contributed by atoms with van der Waals surface area (Å²) in [4.78, 5) is 0. The standard InChI is InChI=1S/C16H25NO/c1-13(2)15(14-7-5-4-6-8-14)18-16(3)9-11-17-12-10-16/h4-8,13,15,17H,9-12H2,1-3H3. The molecule has 1 fully saturated rings. The van der Waals surface area contributed by atoms with Crippen molar-refractivity contribution in [2.45, 2.75) is 45.3 Å². The normalized spacial score (nSPS) is 20.9. The van der Waals surface area contributed by atoms with E-state index in [1.165, 1.54) is 5.56 Å². The second-order valence-corrected chi connectivity index (χ2v) is 5.89. The van der Waals surface area contributed by atoms with Gasteiger partial charge in [-0.05, 0) is 44.3 Å². The van der Waals surface area contributed by atoms with Gasteiger partial charge in [-0.15, -0.1) is 0 Å². The molecule has 1 aliphatic rings. The maximum Gasteiger partial charge on any atom is 0.0855 e. The van der Waals surface area contributed by atoms with Crippen LogP contribution in [-0.2, 0) is 4.74 Å². The summed E-state index contributed by atoms with van der Waals surface area (Å²) in [6, 6.07) is 10.6. The molecule has 0 bridgehead atoms. The van der Waals surface area contributed by atoms with Gasteiger partial charge in [0.25, 0.3) is 0 Å². The van der Waals surface area contributed by atoms with E-state index in [0.29, 0.717) is 5.92 Å². The Labute approximate surface area is 111 Å². The molecule has 1 aromatic carbocycles. The van der Waals surface area contributed by atoms with Crippen LogP contribution in [0, 0.1) is 5.92 Å². The molecular formula is C16H25NO. The van der Waals surface area contributed by atoms with Gasteiger partial charge < -0.3 is 10.1 Å². The smallest absolute Gasteiger partial charge is 0.0855 e. The first kappa shape index (κ1) is 13.6. The summed E-state index contributed by atoms with van der Waals surface area (Å²) in [5.74, 6) is 0.499. The quantitative estimate of drug-likeness (QED) is 0.878. The van der Waals surface area contributed by atoms with E-state index < -0.39 is 0 Å². The number of piperidine rings is 1. The third-order valence-corrected chi connectivity index (χ3v) is 3.81. The van der Waals surface area contributed by atoms with E-state index in [1.807, 2.05) is 0 Å². The minimum atomic E-state index is 0.0238. The molecule has 0 amide bonds. The second kappa shape index (κ2) is 5.85. The summed E-state index contributed by atoms with van der Waals surface area (Å²) >= 11 is 0. The van der Waals surface area contributed by atoms with Gasteiger partial charge in [0.2, 0.25) is 0 Å². The molecule has 1 aliphatic heterocycles. The van der Waals surface area contributed by atoms with Gasteiger partial charge in [0.15, 0.2) is 0 Å². The van der Waals surface area contributed by atoms with Gasteiger partial charge in [-0.25, -0.2) is 0 Å². The SMILES string of the molecule is CC(C)C(OC1(C)CCNCC1)c1ccccc1. The minimum Gasteiger partial charge on any atom is -0.367 e. The number of ether oxygens (including phenoxy) is 1. The molecule has 1 unspecified atom stereocenters. The number of benzene rings is 1. The van der Waals surface area contributed by atoms with E-state index in [1.54, 1.807) is 0 Å². The molecule has 0 aliphatic carbocycles. The van der Waals surface area contributed by atoms with Crippen molar-refractivity contribution in [3.8, 4) is 0 Å². The van der Waals surface area contributed by atoms with Gasteiger partial charge in [0.1, 0.15) is 0 Å². The zero-order valence-corrected chi connectivity index (χ0v) is 11.8. The summed E-state index contributed by atoms with van der Waals surface area (Å²) < 4.78 is 6.49. The highest BCUT2D eigenvalue weighted by atomic mass is 16.5. The van der Waals surface area contributed by atoms with Crippen molar-refractivity contribution in [1.29, 1.82) is 0 Å². The van der Waals surface area contributed by atoms with Crippen LogP contribution in [0.25, 0.3) is 0 Å². The van der Waals surface area contributed by atoms with Crippen molar-refractivity contribution in [1.82, 2.24) is 5.32 Å². The van der Waals surface area contributed by atoms with Crippen molar-refractivity contribution >= 4 is 0 Å². The van der Waals surface area contributed by atoms with Gasteiger partial charge in [-0.3, -0.25) is 0 Å². The first-order valence-electron chi connectivity index (χ1n) is 7.04. The highest BCUT2D eigenvalue weighted by molar-refractivity contribution is 5.18. The largest absolute Gasteiger partial charge is 0.367 e. The number of nitrogens with one attached hydrogen (secondary N) is 1. The van der Waals surface area contributed by atoms with Gasteiger partial charge in [-0.1, -0.05) is 44.2 Å². The van der Waals surface area contributed by atoms with Crippen LogP contribution in [0.2, 0.25) is 0 Å². The van der Waals surface area contributed by atoms with Crippen LogP contribution in [0.4, 0.5) is 0 Å². The first-order valence-corrected chi connectivity index (χ1v) is 7.04. The Morgan fingerprint density at radius 1 is 1.11 bits per heavy atom. The van der Waals surface area contributed by atoms with Gasteiger partial charge in [-0.2, -0.15) is 0 Å². The van der Waals surface area contributed by atoms with E-state index >= 15 is 0 Å². The maximum atomic E-state index is 6.49. The molecule has 1 atom stereocenters. The molecule has 100 valence electrons. The highest BCUT2D eigenvalue weighted by Gasteiger charge is 2.32. The zero-order valence-electron chi connectivity index (χ0n) is 11.8. The molecule has 2 rings (SSSR count). The lowest BCUT2D eigenvalue weighted by Crippen LogP contribution is -2.43. The Morgan fingerprint density at radius 2 is 1.72 bits per heavy atom. The van der Waals surface area contributed by atoms with Crippen LogP contribution >= 0.6 is 0 Å². The summed E-state index contributed by atoms with van der Waals surface area (Å²) in [6.07, 6.45) is 2.40. The lowest BCUT2D eigenvalue weighted by atomic mass is 9.92. The molecule has 0 spiro atoms. The Balaban J connectivity index is 2.11. The topological polar surface area (TPSA) is 21.3 Å². The van der Waals surface area contributed by atoms with Crippen LogP contribution in [0.1, 0.15) is 45.3 Å². The monoisotopic (exact) mass is 247 g/mol. The van der Waals surface area contributed by atoms with Gasteiger partial charge >= 0.3 is 0 Å². The van der Waals surface area contributed by atoms with E-state index in [-0.39, 0.29) is 11.7 Å². The highest BCUT2D eigenvalue weighted by Crippen LogP contribution is 2.34. The fourth-order valence-corrected chi connectivity index (χ4v) is 2.61. The third kappa shape index (κ3) is 3.33. The molecule has 0 radical (unpaired) electrons. The third-order valence-electron chi connectivity index (χ3n) is 3.81. The number of rotatable bonds is 4. The summed E-state index contributed by atoms with van der Waals surface area (Å²) in [6.45, 7) is 8.86. The molecule has 18 heavy (non-hydrogen) atoms. The fraction of sp³-hybridized carbons (Fsp3) is 0.625. The molecule has 1 aromatic rings. The lowest BCUT2D eigenvalue weighted by molar-refractivity contribution is -0.117. The second-order valence-electron chi connectivity index (χ2n) is 5.89. The van der Waals surface area contributed by atoms with Gasteiger partial charge in [0, 0.05) is 0 Å². The van der Waals surface area contributed by atoms with E-state index in [0.717, 1.165) is 25.9 Å². The van der Waals surface area contributed by atoms with Crippen molar-refractivity contribution in [3.63, 3.8) is 0 Å². The molecule has 1 N–H and O–H groups in total. The van der Waals surface area contributed by atoms with E-state index in [4.69, 9.17) is 4.74 Å². The van der Waals surface area contributed by atoms with Crippen LogP contribution < -0.4 is 5.32 Å². The Bertz CT molecular complexity index is 355. The Hall–Kier alpha value is -0.860. The Morgan fingerprint density at radius 3 is 2.28 bits per heavy atom. The predicted octanol–water partition coefficient (Wildman–Crippen LogP) is 3.54.